The van der Waals surface area contributed by atoms with Crippen molar-refractivity contribution in [1.29, 1.82) is 0 Å². The Balaban J connectivity index is 2.75. The van der Waals surface area contributed by atoms with E-state index in [2.05, 4.69) is 5.43 Å². The van der Waals surface area contributed by atoms with Gasteiger partial charge in [-0.05, 0) is 13.0 Å². The van der Waals surface area contributed by atoms with Crippen LogP contribution in [0.4, 0.5) is 0 Å². The molecule has 56 valence electrons. The summed E-state index contributed by atoms with van der Waals surface area (Å²) < 4.78 is 0. The molecule has 5 heteroatoms. The molecule has 0 bridgehead atoms. The predicted molar refractivity (Wildman–Crippen MR) is 38.6 cm³/mol. The highest BCUT2D eigenvalue weighted by atomic mass is 16.4. The van der Waals surface area contributed by atoms with Gasteiger partial charge in [0.25, 0.3) is 0 Å². The molecule has 1 aliphatic heterocycles. The Labute approximate surface area is 60.3 Å². The zero-order valence-electron chi connectivity index (χ0n) is 6.07. The maximum atomic E-state index is 8.90. The summed E-state index contributed by atoms with van der Waals surface area (Å²) in [7, 11) is 0.392. The minimum Gasteiger partial charge on any atom is -0.426 e. The second-order valence-corrected chi connectivity index (χ2v) is 2.62. The lowest BCUT2D eigenvalue weighted by Gasteiger charge is -2.29. The molecule has 0 spiro atoms. The van der Waals surface area contributed by atoms with Gasteiger partial charge < -0.3 is 15.5 Å². The lowest BCUT2D eigenvalue weighted by Crippen LogP contribution is -2.54. The van der Waals surface area contributed by atoms with Crippen LogP contribution in [-0.2, 0) is 0 Å². The molecule has 1 heterocycles. The lowest BCUT2D eigenvalue weighted by atomic mass is 9.66. The van der Waals surface area contributed by atoms with Crippen LogP contribution >= 0.6 is 0 Å². The first-order valence-electron chi connectivity index (χ1n) is 3.11. The molecule has 1 atom stereocenters. The van der Waals surface area contributed by atoms with Crippen molar-refractivity contribution >= 4 is 7.12 Å². The summed E-state index contributed by atoms with van der Waals surface area (Å²) in [4.78, 5) is 0. The van der Waals surface area contributed by atoms with Crippen molar-refractivity contribution in [1.82, 2.24) is 10.4 Å². The van der Waals surface area contributed by atoms with Crippen LogP contribution < -0.4 is 5.43 Å². The quantitative estimate of drug-likeness (QED) is 0.399. The molecule has 0 radical (unpaired) electrons. The van der Waals surface area contributed by atoms with Crippen LogP contribution in [0.3, 0.4) is 0 Å². The van der Waals surface area contributed by atoms with E-state index in [1.165, 1.54) is 0 Å². The second-order valence-electron chi connectivity index (χ2n) is 2.62. The van der Waals surface area contributed by atoms with Gasteiger partial charge in [0, 0.05) is 13.2 Å². The molecule has 1 aliphatic rings. The molecule has 0 aromatic heterocycles. The van der Waals surface area contributed by atoms with E-state index in [9.17, 15) is 0 Å². The summed E-state index contributed by atoms with van der Waals surface area (Å²) in [5, 5.41) is 19.4. The normalized spacial score (nSPS) is 32.4. The molecule has 1 unspecified atom stereocenters. The van der Waals surface area contributed by atoms with Crippen molar-refractivity contribution in [2.75, 3.05) is 7.05 Å². The summed E-state index contributed by atoms with van der Waals surface area (Å²) >= 11 is 0. The number of hydrazine groups is 1. The van der Waals surface area contributed by atoms with Gasteiger partial charge in [0.1, 0.15) is 0 Å². The fourth-order valence-corrected chi connectivity index (χ4v) is 0.828. The van der Waals surface area contributed by atoms with E-state index in [1.54, 1.807) is 31.3 Å². The Morgan fingerprint density at radius 1 is 1.60 bits per heavy atom. The minimum atomic E-state index is -1.36. The fraction of sp³-hybridized carbons (Fsp3) is 0.600. The van der Waals surface area contributed by atoms with Gasteiger partial charge >= 0.3 is 7.12 Å². The van der Waals surface area contributed by atoms with Crippen molar-refractivity contribution in [3.05, 3.63) is 12.3 Å². The highest BCUT2D eigenvalue weighted by Gasteiger charge is 2.41. The average molecular weight is 142 g/mol. The molecule has 0 aliphatic carbocycles. The first-order chi connectivity index (χ1) is 4.57. The maximum absolute atomic E-state index is 8.90. The number of nitrogens with one attached hydrogen (secondary N) is 1. The van der Waals surface area contributed by atoms with Gasteiger partial charge in [-0.25, -0.2) is 5.01 Å². The molecule has 0 fully saturated rings. The molecular weight excluding hydrogens is 131 g/mol. The third-order valence-corrected chi connectivity index (χ3v) is 1.93. The SMILES string of the molecule is CN1NC=CC1(C)B(O)O. The van der Waals surface area contributed by atoms with Crippen LogP contribution in [0.25, 0.3) is 0 Å². The summed E-state index contributed by atoms with van der Waals surface area (Å²) in [6.45, 7) is 1.73. The minimum absolute atomic E-state index is 0.694. The molecule has 0 aromatic carbocycles. The van der Waals surface area contributed by atoms with Gasteiger partial charge in [0.2, 0.25) is 0 Å². The number of rotatable bonds is 1. The van der Waals surface area contributed by atoms with E-state index >= 15 is 0 Å². The van der Waals surface area contributed by atoms with Gasteiger partial charge in [-0.3, -0.25) is 0 Å². The number of likely N-dealkylation sites (N-methyl/N-ethyl adjacent to an activating group) is 1. The van der Waals surface area contributed by atoms with E-state index in [0.29, 0.717) is 0 Å². The van der Waals surface area contributed by atoms with E-state index in [4.69, 9.17) is 10.0 Å². The zero-order valence-corrected chi connectivity index (χ0v) is 6.07. The number of hydrogen-bond donors (Lipinski definition) is 3. The molecule has 0 amide bonds. The van der Waals surface area contributed by atoms with Crippen molar-refractivity contribution in [3.8, 4) is 0 Å². The highest BCUT2D eigenvalue weighted by Crippen LogP contribution is 2.17. The van der Waals surface area contributed by atoms with E-state index in [0.717, 1.165) is 0 Å². The average Bonchev–Trinajstić information content (AvgIpc) is 2.15. The summed E-state index contributed by atoms with van der Waals surface area (Å²) in [6.07, 6.45) is 3.39. The third-order valence-electron chi connectivity index (χ3n) is 1.93. The Morgan fingerprint density at radius 2 is 2.20 bits per heavy atom. The van der Waals surface area contributed by atoms with E-state index in [-0.39, 0.29) is 0 Å². The first-order valence-corrected chi connectivity index (χ1v) is 3.11. The molecule has 0 aromatic rings. The molecule has 1 rings (SSSR count). The van der Waals surface area contributed by atoms with Crippen LogP contribution in [0.5, 0.6) is 0 Å². The van der Waals surface area contributed by atoms with Gasteiger partial charge in [-0.15, -0.1) is 0 Å². The Bertz CT molecular complexity index is 162. The van der Waals surface area contributed by atoms with Gasteiger partial charge in [-0.2, -0.15) is 0 Å². The molecular formula is C5H11BN2O2. The van der Waals surface area contributed by atoms with Crippen molar-refractivity contribution in [3.63, 3.8) is 0 Å². The lowest BCUT2D eigenvalue weighted by molar-refractivity contribution is 0.187. The monoisotopic (exact) mass is 142 g/mol. The number of hydrogen-bond acceptors (Lipinski definition) is 4. The van der Waals surface area contributed by atoms with Gasteiger partial charge in [-0.1, -0.05) is 0 Å². The van der Waals surface area contributed by atoms with Crippen LogP contribution in [-0.4, -0.2) is 34.7 Å². The van der Waals surface area contributed by atoms with Crippen molar-refractivity contribution in [2.45, 2.75) is 12.4 Å². The van der Waals surface area contributed by atoms with Gasteiger partial charge in [0.15, 0.2) is 0 Å². The van der Waals surface area contributed by atoms with Crippen LogP contribution in [0, 0.1) is 0 Å². The summed E-state index contributed by atoms with van der Waals surface area (Å²) in [5.74, 6) is 0. The smallest absolute Gasteiger partial charge is 0.426 e. The Morgan fingerprint density at radius 3 is 2.40 bits per heavy atom. The summed E-state index contributed by atoms with van der Waals surface area (Å²) in [6, 6.07) is 0. The van der Waals surface area contributed by atoms with E-state index < -0.39 is 12.6 Å². The van der Waals surface area contributed by atoms with Crippen molar-refractivity contribution < 1.29 is 10.0 Å². The standard InChI is InChI=1S/C5H11BN2O2/c1-5(6(9)10)3-4-7-8(5)2/h3-4,7,9-10H,1-2H3. The third kappa shape index (κ3) is 0.921. The van der Waals surface area contributed by atoms with Gasteiger partial charge in [0.05, 0.1) is 5.44 Å². The predicted octanol–water partition coefficient (Wildman–Crippen LogP) is -1.28. The zero-order chi connectivity index (χ0) is 7.78. The largest absolute Gasteiger partial charge is 0.479 e. The number of nitrogens with zero attached hydrogens (tertiary/aromatic N) is 1. The van der Waals surface area contributed by atoms with Crippen LogP contribution in [0.2, 0.25) is 0 Å². The van der Waals surface area contributed by atoms with E-state index in [1.807, 2.05) is 0 Å². The summed E-state index contributed by atoms with van der Waals surface area (Å²) in [5.41, 5.74) is 2.13. The maximum Gasteiger partial charge on any atom is 0.479 e. The molecule has 4 nitrogen and oxygen atoms in total. The first kappa shape index (κ1) is 7.59. The molecule has 0 saturated carbocycles. The Kier molecular flexibility index (Phi) is 1.72. The molecule has 0 saturated heterocycles. The van der Waals surface area contributed by atoms with Crippen molar-refractivity contribution in [2.24, 2.45) is 0 Å². The topological polar surface area (TPSA) is 55.7 Å². The Hall–Kier alpha value is -0.515. The second kappa shape index (κ2) is 2.27. The van der Waals surface area contributed by atoms with Crippen LogP contribution in [0.15, 0.2) is 12.3 Å². The van der Waals surface area contributed by atoms with Crippen LogP contribution in [0.1, 0.15) is 6.92 Å². The highest BCUT2D eigenvalue weighted by molar-refractivity contribution is 6.46. The molecule has 3 N–H and O–H groups in total. The fourth-order valence-electron chi connectivity index (χ4n) is 0.828. The molecule has 10 heavy (non-hydrogen) atoms.